The van der Waals surface area contributed by atoms with Gasteiger partial charge in [-0.1, -0.05) is 12.5 Å². The van der Waals surface area contributed by atoms with Gasteiger partial charge in [0.05, 0.1) is 7.11 Å². The molecule has 0 aromatic heterocycles. The van der Waals surface area contributed by atoms with E-state index in [1.165, 1.54) is 0 Å². The molecule has 1 aromatic carbocycles. The van der Waals surface area contributed by atoms with Gasteiger partial charge in [-0.05, 0) is 50.3 Å². The van der Waals surface area contributed by atoms with E-state index in [0.29, 0.717) is 24.4 Å². The van der Waals surface area contributed by atoms with Gasteiger partial charge in [-0.25, -0.2) is 0 Å². The Kier molecular flexibility index (Phi) is 5.61. The molecule has 2 aliphatic rings. The summed E-state index contributed by atoms with van der Waals surface area (Å²) in [6.45, 7) is 2.33. The molecule has 3 rings (SSSR count). The minimum Gasteiger partial charge on any atom is -0.497 e. The smallest absolute Gasteiger partial charge is 0.226 e. The monoisotopic (exact) mass is 331 g/mol. The third kappa shape index (κ3) is 3.83. The number of anilines is 1. The number of carbonyl (C=O) groups excluding carboxylic acids is 1. The SMILES string of the molecule is COc1cccc(NC2CCN(C(=O)[C@@H]3CCC[C@@H]3CN)CC2)c1. The van der Waals surface area contributed by atoms with Crippen molar-refractivity contribution in [3.8, 4) is 5.75 Å². The lowest BCUT2D eigenvalue weighted by atomic mass is 9.93. The van der Waals surface area contributed by atoms with Crippen molar-refractivity contribution < 1.29 is 9.53 Å². The number of methoxy groups -OCH3 is 1. The Hall–Kier alpha value is -1.75. The number of hydrogen-bond acceptors (Lipinski definition) is 4. The summed E-state index contributed by atoms with van der Waals surface area (Å²) in [6.07, 6.45) is 5.25. The number of piperidine rings is 1. The first kappa shape index (κ1) is 17.1. The second kappa shape index (κ2) is 7.88. The molecule has 1 aromatic rings. The lowest BCUT2D eigenvalue weighted by molar-refractivity contribution is -0.137. The molecular formula is C19H29N3O2. The van der Waals surface area contributed by atoms with Crippen molar-refractivity contribution in [2.75, 3.05) is 32.1 Å². The van der Waals surface area contributed by atoms with Crippen LogP contribution in [0.2, 0.25) is 0 Å². The topological polar surface area (TPSA) is 67.6 Å². The van der Waals surface area contributed by atoms with Crippen LogP contribution in [0, 0.1) is 11.8 Å². The number of nitrogens with two attached hydrogens (primary N) is 1. The van der Waals surface area contributed by atoms with E-state index in [1.54, 1.807) is 7.11 Å². The number of nitrogens with zero attached hydrogens (tertiary/aromatic N) is 1. The van der Waals surface area contributed by atoms with Gasteiger partial charge in [0.1, 0.15) is 5.75 Å². The van der Waals surface area contributed by atoms with Crippen molar-refractivity contribution in [1.82, 2.24) is 4.90 Å². The normalized spacial score (nSPS) is 24.8. The number of carbonyl (C=O) groups is 1. The molecule has 0 spiro atoms. The Bertz CT molecular complexity index is 555. The van der Waals surface area contributed by atoms with Gasteiger partial charge < -0.3 is 20.7 Å². The number of benzene rings is 1. The van der Waals surface area contributed by atoms with E-state index in [4.69, 9.17) is 10.5 Å². The first-order chi connectivity index (χ1) is 11.7. The summed E-state index contributed by atoms with van der Waals surface area (Å²) in [5.74, 6) is 1.76. The molecule has 0 unspecified atom stereocenters. The van der Waals surface area contributed by atoms with Crippen LogP contribution in [0.4, 0.5) is 5.69 Å². The molecule has 1 aliphatic carbocycles. The van der Waals surface area contributed by atoms with Crippen LogP contribution in [-0.4, -0.2) is 43.6 Å². The number of ether oxygens (including phenoxy) is 1. The van der Waals surface area contributed by atoms with Crippen LogP contribution >= 0.6 is 0 Å². The first-order valence-corrected chi connectivity index (χ1v) is 9.10. The first-order valence-electron chi connectivity index (χ1n) is 9.10. The summed E-state index contributed by atoms with van der Waals surface area (Å²) in [7, 11) is 1.68. The average molecular weight is 331 g/mol. The molecule has 2 fully saturated rings. The largest absolute Gasteiger partial charge is 0.497 e. The summed E-state index contributed by atoms with van der Waals surface area (Å²) in [5.41, 5.74) is 6.91. The van der Waals surface area contributed by atoms with Gasteiger partial charge >= 0.3 is 0 Å². The molecule has 2 atom stereocenters. The Morgan fingerprint density at radius 2 is 2.08 bits per heavy atom. The average Bonchev–Trinajstić information content (AvgIpc) is 3.10. The minimum absolute atomic E-state index is 0.165. The van der Waals surface area contributed by atoms with Crippen molar-refractivity contribution in [2.45, 2.75) is 38.1 Å². The van der Waals surface area contributed by atoms with Crippen LogP contribution in [0.15, 0.2) is 24.3 Å². The highest BCUT2D eigenvalue weighted by Gasteiger charge is 2.35. The van der Waals surface area contributed by atoms with E-state index in [1.807, 2.05) is 18.2 Å². The number of likely N-dealkylation sites (tertiary alicyclic amines) is 1. The summed E-state index contributed by atoms with van der Waals surface area (Å²) in [5, 5.41) is 3.57. The van der Waals surface area contributed by atoms with E-state index in [-0.39, 0.29) is 5.92 Å². The minimum atomic E-state index is 0.165. The Morgan fingerprint density at radius 3 is 2.79 bits per heavy atom. The van der Waals surface area contributed by atoms with Crippen LogP contribution in [0.25, 0.3) is 0 Å². The molecule has 3 N–H and O–H groups in total. The van der Waals surface area contributed by atoms with Crippen LogP contribution in [-0.2, 0) is 4.79 Å². The maximum absolute atomic E-state index is 12.8. The zero-order valence-electron chi connectivity index (χ0n) is 14.5. The van der Waals surface area contributed by atoms with Gasteiger partial charge in [0, 0.05) is 36.8 Å². The van der Waals surface area contributed by atoms with Gasteiger partial charge in [0.15, 0.2) is 0 Å². The summed E-state index contributed by atoms with van der Waals surface area (Å²) in [4.78, 5) is 14.8. The highest BCUT2D eigenvalue weighted by Crippen LogP contribution is 2.33. The van der Waals surface area contributed by atoms with E-state index in [9.17, 15) is 4.79 Å². The molecular weight excluding hydrogens is 302 g/mol. The van der Waals surface area contributed by atoms with Crippen molar-refractivity contribution in [2.24, 2.45) is 17.6 Å². The van der Waals surface area contributed by atoms with E-state index >= 15 is 0 Å². The predicted molar refractivity (Wildman–Crippen MR) is 96.1 cm³/mol. The molecule has 0 radical (unpaired) electrons. The lowest BCUT2D eigenvalue weighted by Crippen LogP contribution is -2.46. The third-order valence-electron chi connectivity index (χ3n) is 5.53. The van der Waals surface area contributed by atoms with Gasteiger partial charge in [0.25, 0.3) is 0 Å². The Balaban J connectivity index is 1.51. The quantitative estimate of drug-likeness (QED) is 0.870. The van der Waals surface area contributed by atoms with Crippen molar-refractivity contribution >= 4 is 11.6 Å². The molecule has 5 nitrogen and oxygen atoms in total. The highest BCUT2D eigenvalue weighted by molar-refractivity contribution is 5.79. The molecule has 1 saturated carbocycles. The maximum atomic E-state index is 12.8. The zero-order valence-corrected chi connectivity index (χ0v) is 14.5. The van der Waals surface area contributed by atoms with Crippen molar-refractivity contribution in [1.29, 1.82) is 0 Å². The molecule has 0 bridgehead atoms. The van der Waals surface area contributed by atoms with Crippen molar-refractivity contribution in [3.63, 3.8) is 0 Å². The Labute approximate surface area is 144 Å². The molecule has 1 saturated heterocycles. The summed E-state index contributed by atoms with van der Waals surface area (Å²) < 4.78 is 5.27. The molecule has 1 amide bonds. The summed E-state index contributed by atoms with van der Waals surface area (Å²) in [6, 6.07) is 8.43. The van der Waals surface area contributed by atoms with E-state index in [0.717, 1.165) is 56.6 Å². The fourth-order valence-corrected chi connectivity index (χ4v) is 4.07. The zero-order chi connectivity index (χ0) is 16.9. The van der Waals surface area contributed by atoms with E-state index in [2.05, 4.69) is 16.3 Å². The van der Waals surface area contributed by atoms with Crippen LogP contribution in [0.1, 0.15) is 32.1 Å². The van der Waals surface area contributed by atoms with Crippen LogP contribution < -0.4 is 15.8 Å². The number of nitrogens with one attached hydrogen (secondary N) is 1. The number of hydrogen-bond donors (Lipinski definition) is 2. The fraction of sp³-hybridized carbons (Fsp3) is 0.632. The second-order valence-corrected chi connectivity index (χ2v) is 7.01. The van der Waals surface area contributed by atoms with Crippen LogP contribution in [0.5, 0.6) is 5.75 Å². The second-order valence-electron chi connectivity index (χ2n) is 7.01. The standard InChI is InChI=1S/C19H29N3O2/c1-24-17-6-3-5-16(12-17)21-15-8-10-22(11-9-15)19(23)18-7-2-4-14(18)13-20/h3,5-6,12,14-15,18,21H,2,4,7-11,13,20H2,1H3/t14-,18-/m1/s1. The summed E-state index contributed by atoms with van der Waals surface area (Å²) >= 11 is 0. The molecule has 1 aliphatic heterocycles. The molecule has 5 heteroatoms. The maximum Gasteiger partial charge on any atom is 0.226 e. The third-order valence-corrected chi connectivity index (χ3v) is 5.53. The van der Waals surface area contributed by atoms with Gasteiger partial charge in [-0.3, -0.25) is 4.79 Å². The van der Waals surface area contributed by atoms with Gasteiger partial charge in [-0.2, -0.15) is 0 Å². The lowest BCUT2D eigenvalue weighted by Gasteiger charge is -2.35. The molecule has 24 heavy (non-hydrogen) atoms. The fourth-order valence-electron chi connectivity index (χ4n) is 4.07. The van der Waals surface area contributed by atoms with Crippen LogP contribution in [0.3, 0.4) is 0 Å². The number of rotatable bonds is 5. The number of amides is 1. The highest BCUT2D eigenvalue weighted by atomic mass is 16.5. The van der Waals surface area contributed by atoms with Gasteiger partial charge in [-0.15, -0.1) is 0 Å². The predicted octanol–water partition coefficient (Wildman–Crippen LogP) is 2.47. The molecule has 132 valence electrons. The molecule has 1 heterocycles. The van der Waals surface area contributed by atoms with Gasteiger partial charge in [0.2, 0.25) is 5.91 Å². The van der Waals surface area contributed by atoms with Crippen molar-refractivity contribution in [3.05, 3.63) is 24.3 Å². The van der Waals surface area contributed by atoms with E-state index < -0.39 is 0 Å². The Morgan fingerprint density at radius 1 is 1.29 bits per heavy atom.